The van der Waals surface area contributed by atoms with E-state index in [9.17, 15) is 0 Å². The fraction of sp³-hybridized carbons (Fsp3) is 0.400. The highest BCUT2D eigenvalue weighted by Gasteiger charge is 2.07. The standard InChI is InChI=1S/C10H14N4/c1-13(2)7-10-12-8-4-5-11-6-9(8)14(10)3/h4-6H,7H2,1-3H3. The molecule has 0 aliphatic heterocycles. The van der Waals surface area contributed by atoms with Gasteiger partial charge in [-0.1, -0.05) is 0 Å². The van der Waals surface area contributed by atoms with Gasteiger partial charge in [0.2, 0.25) is 0 Å². The molecular formula is C10H14N4. The molecule has 0 aliphatic rings. The Bertz CT molecular complexity index is 444. The van der Waals surface area contributed by atoms with E-state index in [2.05, 4.69) is 19.4 Å². The maximum Gasteiger partial charge on any atom is 0.123 e. The van der Waals surface area contributed by atoms with Gasteiger partial charge in [0, 0.05) is 13.2 Å². The molecule has 0 radical (unpaired) electrons. The van der Waals surface area contributed by atoms with Crippen LogP contribution in [0.3, 0.4) is 0 Å². The summed E-state index contributed by atoms with van der Waals surface area (Å²) >= 11 is 0. The summed E-state index contributed by atoms with van der Waals surface area (Å²) in [6.07, 6.45) is 3.62. The molecule has 2 heterocycles. The van der Waals surface area contributed by atoms with Crippen LogP contribution in [-0.4, -0.2) is 33.5 Å². The van der Waals surface area contributed by atoms with Crippen molar-refractivity contribution in [2.75, 3.05) is 14.1 Å². The highest BCUT2D eigenvalue weighted by molar-refractivity contribution is 5.74. The number of aromatic nitrogens is 3. The van der Waals surface area contributed by atoms with E-state index in [0.717, 1.165) is 23.4 Å². The lowest BCUT2D eigenvalue weighted by molar-refractivity contribution is 0.386. The van der Waals surface area contributed by atoms with E-state index in [4.69, 9.17) is 0 Å². The summed E-state index contributed by atoms with van der Waals surface area (Å²) in [6, 6.07) is 1.94. The summed E-state index contributed by atoms with van der Waals surface area (Å²) < 4.78 is 2.09. The van der Waals surface area contributed by atoms with Crippen LogP contribution >= 0.6 is 0 Å². The molecule has 0 saturated carbocycles. The molecular weight excluding hydrogens is 176 g/mol. The van der Waals surface area contributed by atoms with Gasteiger partial charge in [0.25, 0.3) is 0 Å². The van der Waals surface area contributed by atoms with E-state index in [1.807, 2.05) is 33.4 Å². The molecule has 2 rings (SSSR count). The lowest BCUT2D eigenvalue weighted by atomic mass is 10.4. The van der Waals surface area contributed by atoms with Crippen molar-refractivity contribution >= 4 is 11.0 Å². The highest BCUT2D eigenvalue weighted by atomic mass is 15.1. The molecule has 0 amide bonds. The molecule has 0 bridgehead atoms. The van der Waals surface area contributed by atoms with Crippen molar-refractivity contribution < 1.29 is 0 Å². The lowest BCUT2D eigenvalue weighted by Crippen LogP contribution is -2.14. The highest BCUT2D eigenvalue weighted by Crippen LogP contribution is 2.13. The van der Waals surface area contributed by atoms with Crippen LogP contribution < -0.4 is 0 Å². The number of fused-ring (bicyclic) bond motifs is 1. The molecule has 14 heavy (non-hydrogen) atoms. The Morgan fingerprint density at radius 3 is 2.86 bits per heavy atom. The molecule has 0 atom stereocenters. The Labute approximate surface area is 83.2 Å². The minimum absolute atomic E-state index is 0.852. The number of hydrogen-bond acceptors (Lipinski definition) is 3. The summed E-state index contributed by atoms with van der Waals surface area (Å²) in [4.78, 5) is 10.7. The first-order chi connectivity index (χ1) is 6.68. The van der Waals surface area contributed by atoms with Crippen LogP contribution in [0.15, 0.2) is 18.5 Å². The van der Waals surface area contributed by atoms with Gasteiger partial charge in [-0.15, -0.1) is 0 Å². The van der Waals surface area contributed by atoms with E-state index in [-0.39, 0.29) is 0 Å². The van der Waals surface area contributed by atoms with Crippen molar-refractivity contribution in [2.24, 2.45) is 7.05 Å². The molecule has 2 aromatic heterocycles. The first-order valence-corrected chi connectivity index (χ1v) is 4.58. The Morgan fingerprint density at radius 1 is 1.43 bits per heavy atom. The lowest BCUT2D eigenvalue weighted by Gasteiger charge is -2.08. The van der Waals surface area contributed by atoms with Gasteiger partial charge in [-0.25, -0.2) is 4.98 Å². The molecule has 4 heteroatoms. The first kappa shape index (κ1) is 9.15. The zero-order valence-electron chi connectivity index (χ0n) is 8.73. The van der Waals surface area contributed by atoms with Crippen LogP contribution in [-0.2, 0) is 13.6 Å². The number of imidazole rings is 1. The van der Waals surface area contributed by atoms with Crippen molar-refractivity contribution in [1.29, 1.82) is 0 Å². The zero-order valence-corrected chi connectivity index (χ0v) is 8.73. The van der Waals surface area contributed by atoms with Crippen LogP contribution in [0, 0.1) is 0 Å². The van der Waals surface area contributed by atoms with Gasteiger partial charge in [-0.3, -0.25) is 4.98 Å². The van der Waals surface area contributed by atoms with Crippen LogP contribution in [0.5, 0.6) is 0 Å². The van der Waals surface area contributed by atoms with Crippen LogP contribution in [0.1, 0.15) is 5.82 Å². The fourth-order valence-corrected chi connectivity index (χ4v) is 1.51. The van der Waals surface area contributed by atoms with E-state index < -0.39 is 0 Å². The molecule has 4 nitrogen and oxygen atoms in total. The summed E-state index contributed by atoms with van der Waals surface area (Å²) in [5, 5.41) is 0. The molecule has 0 spiro atoms. The van der Waals surface area contributed by atoms with E-state index >= 15 is 0 Å². The Kier molecular flexibility index (Phi) is 2.21. The van der Waals surface area contributed by atoms with Gasteiger partial charge in [0.05, 0.1) is 23.8 Å². The molecule has 0 aromatic carbocycles. The predicted molar refractivity (Wildman–Crippen MR) is 55.9 cm³/mol. The third-order valence-corrected chi connectivity index (χ3v) is 2.23. The molecule has 74 valence electrons. The van der Waals surface area contributed by atoms with Crippen molar-refractivity contribution in [3.63, 3.8) is 0 Å². The molecule has 0 fully saturated rings. The maximum absolute atomic E-state index is 4.53. The second kappa shape index (κ2) is 3.38. The molecule has 0 unspecified atom stereocenters. The SMILES string of the molecule is CN(C)Cc1nc2ccncc2n1C. The quantitative estimate of drug-likeness (QED) is 0.709. The van der Waals surface area contributed by atoms with E-state index in [1.54, 1.807) is 6.20 Å². The Morgan fingerprint density at radius 2 is 2.21 bits per heavy atom. The van der Waals surface area contributed by atoms with Gasteiger partial charge in [-0.05, 0) is 20.2 Å². The number of aryl methyl sites for hydroxylation is 1. The third kappa shape index (κ3) is 1.48. The average molecular weight is 190 g/mol. The number of rotatable bonds is 2. The Balaban J connectivity index is 2.51. The van der Waals surface area contributed by atoms with Gasteiger partial charge < -0.3 is 9.47 Å². The summed E-state index contributed by atoms with van der Waals surface area (Å²) in [7, 11) is 6.10. The summed E-state index contributed by atoms with van der Waals surface area (Å²) in [5.41, 5.74) is 2.10. The number of nitrogens with zero attached hydrogens (tertiary/aromatic N) is 4. The largest absolute Gasteiger partial charge is 0.329 e. The van der Waals surface area contributed by atoms with Gasteiger partial charge in [0.15, 0.2) is 0 Å². The minimum Gasteiger partial charge on any atom is -0.329 e. The van der Waals surface area contributed by atoms with Crippen molar-refractivity contribution in [1.82, 2.24) is 19.4 Å². The summed E-state index contributed by atoms with van der Waals surface area (Å²) in [6.45, 7) is 0.852. The van der Waals surface area contributed by atoms with E-state index in [0.29, 0.717) is 0 Å². The third-order valence-electron chi connectivity index (χ3n) is 2.23. The maximum atomic E-state index is 4.53. The van der Waals surface area contributed by atoms with Gasteiger partial charge in [-0.2, -0.15) is 0 Å². The predicted octanol–water partition coefficient (Wildman–Crippen LogP) is 1.03. The first-order valence-electron chi connectivity index (χ1n) is 4.58. The average Bonchev–Trinajstić information content (AvgIpc) is 2.44. The second-order valence-corrected chi connectivity index (χ2v) is 3.69. The van der Waals surface area contributed by atoms with Gasteiger partial charge in [0.1, 0.15) is 5.82 Å². The fourth-order valence-electron chi connectivity index (χ4n) is 1.51. The second-order valence-electron chi connectivity index (χ2n) is 3.69. The van der Waals surface area contributed by atoms with Crippen molar-refractivity contribution in [3.05, 3.63) is 24.3 Å². The number of hydrogen-bond donors (Lipinski definition) is 0. The van der Waals surface area contributed by atoms with Crippen molar-refractivity contribution in [3.8, 4) is 0 Å². The van der Waals surface area contributed by atoms with E-state index in [1.165, 1.54) is 0 Å². The number of pyridine rings is 1. The molecule has 0 aliphatic carbocycles. The van der Waals surface area contributed by atoms with Crippen LogP contribution in [0.4, 0.5) is 0 Å². The molecule has 0 N–H and O–H groups in total. The Hall–Kier alpha value is -1.42. The molecule has 0 saturated heterocycles. The van der Waals surface area contributed by atoms with Crippen LogP contribution in [0.2, 0.25) is 0 Å². The normalized spacial score (nSPS) is 11.4. The minimum atomic E-state index is 0.852. The smallest absolute Gasteiger partial charge is 0.123 e. The van der Waals surface area contributed by atoms with Gasteiger partial charge >= 0.3 is 0 Å². The summed E-state index contributed by atoms with van der Waals surface area (Å²) in [5.74, 6) is 1.07. The zero-order chi connectivity index (χ0) is 10.1. The van der Waals surface area contributed by atoms with Crippen molar-refractivity contribution in [2.45, 2.75) is 6.54 Å². The molecule has 2 aromatic rings. The topological polar surface area (TPSA) is 34.0 Å². The monoisotopic (exact) mass is 190 g/mol. The van der Waals surface area contributed by atoms with Crippen LogP contribution in [0.25, 0.3) is 11.0 Å².